The van der Waals surface area contributed by atoms with E-state index in [1.807, 2.05) is 19.9 Å². The van der Waals surface area contributed by atoms with Crippen LogP contribution in [0, 0.1) is 6.92 Å². The summed E-state index contributed by atoms with van der Waals surface area (Å²) >= 11 is 0. The van der Waals surface area contributed by atoms with Gasteiger partial charge in [0.25, 0.3) is 0 Å². The van der Waals surface area contributed by atoms with Crippen molar-refractivity contribution in [2.45, 2.75) is 53.1 Å². The van der Waals surface area contributed by atoms with Crippen LogP contribution in [0.4, 0.5) is 0 Å². The number of aryl methyl sites for hydroxylation is 1. The Labute approximate surface area is 115 Å². The zero-order valence-electron chi connectivity index (χ0n) is 12.5. The Kier molecular flexibility index (Phi) is 5.87. The van der Waals surface area contributed by atoms with Gasteiger partial charge in [-0.1, -0.05) is 32.9 Å². The van der Waals surface area contributed by atoms with Gasteiger partial charge in [-0.25, -0.2) is 4.79 Å². The molecule has 1 aromatic carbocycles. The van der Waals surface area contributed by atoms with Crippen molar-refractivity contribution < 1.29 is 14.3 Å². The van der Waals surface area contributed by atoms with Gasteiger partial charge in [-0.15, -0.1) is 0 Å². The number of hydrogen-bond donors (Lipinski definition) is 0. The number of carbonyl (C=O) groups is 1. The molecule has 0 bridgehead atoms. The van der Waals surface area contributed by atoms with Gasteiger partial charge in [0.05, 0.1) is 6.61 Å². The summed E-state index contributed by atoms with van der Waals surface area (Å²) in [4.78, 5) is 11.8. The minimum Gasteiger partial charge on any atom is -0.478 e. The zero-order chi connectivity index (χ0) is 14.4. The molecule has 1 atom stereocenters. The van der Waals surface area contributed by atoms with Crippen LogP contribution >= 0.6 is 0 Å². The van der Waals surface area contributed by atoms with Crippen LogP contribution in [-0.2, 0) is 9.53 Å². The molecule has 0 N–H and O–H groups in total. The van der Waals surface area contributed by atoms with Gasteiger partial charge in [0, 0.05) is 0 Å². The molecule has 0 heterocycles. The van der Waals surface area contributed by atoms with E-state index >= 15 is 0 Å². The molecule has 3 nitrogen and oxygen atoms in total. The maximum atomic E-state index is 11.8. The maximum Gasteiger partial charge on any atom is 0.347 e. The highest BCUT2D eigenvalue weighted by atomic mass is 16.6. The van der Waals surface area contributed by atoms with Gasteiger partial charge in [0.1, 0.15) is 5.75 Å². The van der Waals surface area contributed by atoms with Crippen LogP contribution in [0.15, 0.2) is 18.2 Å². The van der Waals surface area contributed by atoms with Crippen molar-refractivity contribution in [1.82, 2.24) is 0 Å². The molecular weight excluding hydrogens is 240 g/mol. The van der Waals surface area contributed by atoms with Crippen LogP contribution in [0.1, 0.15) is 51.2 Å². The van der Waals surface area contributed by atoms with Crippen LogP contribution < -0.4 is 4.74 Å². The smallest absolute Gasteiger partial charge is 0.347 e. The first-order valence-corrected chi connectivity index (χ1v) is 6.93. The van der Waals surface area contributed by atoms with Crippen molar-refractivity contribution in [2.75, 3.05) is 6.61 Å². The zero-order valence-corrected chi connectivity index (χ0v) is 12.5. The second-order valence-corrected chi connectivity index (χ2v) is 4.96. The van der Waals surface area contributed by atoms with E-state index < -0.39 is 6.10 Å². The Morgan fingerprint density at radius 1 is 1.26 bits per heavy atom. The van der Waals surface area contributed by atoms with Gasteiger partial charge in [-0.2, -0.15) is 0 Å². The lowest BCUT2D eigenvalue weighted by atomic mass is 10.0. The molecule has 0 aliphatic carbocycles. The average molecular weight is 264 g/mol. The second kappa shape index (κ2) is 7.17. The second-order valence-electron chi connectivity index (χ2n) is 4.96. The van der Waals surface area contributed by atoms with Gasteiger partial charge in [0.15, 0.2) is 6.10 Å². The molecule has 0 spiro atoms. The van der Waals surface area contributed by atoms with Crippen LogP contribution in [0.2, 0.25) is 0 Å². The predicted molar refractivity (Wildman–Crippen MR) is 76.6 cm³/mol. The van der Waals surface area contributed by atoms with E-state index in [-0.39, 0.29) is 5.97 Å². The van der Waals surface area contributed by atoms with Gasteiger partial charge < -0.3 is 9.47 Å². The summed E-state index contributed by atoms with van der Waals surface area (Å²) in [5.74, 6) is 0.853. The third-order valence-corrected chi connectivity index (χ3v) is 2.98. The van der Waals surface area contributed by atoms with Crippen molar-refractivity contribution in [1.29, 1.82) is 0 Å². The molecule has 0 aliphatic rings. The lowest BCUT2D eigenvalue weighted by molar-refractivity contribution is -0.151. The Morgan fingerprint density at radius 2 is 1.95 bits per heavy atom. The molecule has 0 aromatic heterocycles. The normalized spacial score (nSPS) is 12.3. The van der Waals surface area contributed by atoms with Crippen LogP contribution in [0.3, 0.4) is 0 Å². The highest BCUT2D eigenvalue weighted by molar-refractivity contribution is 5.75. The van der Waals surface area contributed by atoms with E-state index in [0.29, 0.717) is 18.9 Å². The molecule has 0 aliphatic heterocycles. The molecule has 106 valence electrons. The molecule has 3 heteroatoms. The fraction of sp³-hybridized carbons (Fsp3) is 0.562. The summed E-state index contributed by atoms with van der Waals surface area (Å²) in [7, 11) is 0. The van der Waals surface area contributed by atoms with Crippen molar-refractivity contribution in [3.8, 4) is 5.75 Å². The number of esters is 1. The Bertz CT molecular complexity index is 424. The number of rotatable bonds is 6. The van der Waals surface area contributed by atoms with Gasteiger partial charge >= 0.3 is 5.97 Å². The van der Waals surface area contributed by atoms with Crippen LogP contribution in [-0.4, -0.2) is 18.7 Å². The van der Waals surface area contributed by atoms with Gasteiger partial charge in [-0.05, 0) is 43.4 Å². The van der Waals surface area contributed by atoms with E-state index in [0.717, 1.165) is 16.9 Å². The minimum absolute atomic E-state index is 0.291. The molecular formula is C16H24O3. The van der Waals surface area contributed by atoms with Crippen molar-refractivity contribution in [2.24, 2.45) is 0 Å². The molecule has 0 unspecified atom stereocenters. The van der Waals surface area contributed by atoms with Gasteiger partial charge in [-0.3, -0.25) is 0 Å². The van der Waals surface area contributed by atoms with Crippen molar-refractivity contribution in [3.05, 3.63) is 29.3 Å². The Hall–Kier alpha value is -1.51. The maximum absolute atomic E-state index is 11.8. The Morgan fingerprint density at radius 3 is 2.47 bits per heavy atom. The Balaban J connectivity index is 2.95. The van der Waals surface area contributed by atoms with Crippen LogP contribution in [0.25, 0.3) is 0 Å². The molecule has 0 saturated carbocycles. The summed E-state index contributed by atoms with van der Waals surface area (Å²) in [6.45, 7) is 10.3. The SMILES string of the molecule is CCOC(=O)[C@H](CC)Oc1cc(C)ccc1C(C)C. The van der Waals surface area contributed by atoms with Crippen molar-refractivity contribution >= 4 is 5.97 Å². The average Bonchev–Trinajstić information content (AvgIpc) is 2.35. The summed E-state index contributed by atoms with van der Waals surface area (Å²) in [6, 6.07) is 6.11. The summed E-state index contributed by atoms with van der Waals surface area (Å²) in [6.07, 6.45) is 0.0730. The van der Waals surface area contributed by atoms with Crippen LogP contribution in [0.5, 0.6) is 5.75 Å². The highest BCUT2D eigenvalue weighted by Crippen LogP contribution is 2.28. The van der Waals surface area contributed by atoms with E-state index in [4.69, 9.17) is 9.47 Å². The largest absolute Gasteiger partial charge is 0.478 e. The van der Waals surface area contributed by atoms with Gasteiger partial charge in [0.2, 0.25) is 0 Å². The van der Waals surface area contributed by atoms with E-state index in [9.17, 15) is 4.79 Å². The molecule has 19 heavy (non-hydrogen) atoms. The molecule has 1 rings (SSSR count). The third kappa shape index (κ3) is 4.27. The monoisotopic (exact) mass is 264 g/mol. The third-order valence-electron chi connectivity index (χ3n) is 2.98. The molecule has 0 radical (unpaired) electrons. The summed E-state index contributed by atoms with van der Waals surface area (Å²) in [5.41, 5.74) is 2.24. The topological polar surface area (TPSA) is 35.5 Å². The highest BCUT2D eigenvalue weighted by Gasteiger charge is 2.21. The molecule has 0 saturated heterocycles. The molecule has 1 aromatic rings. The van der Waals surface area contributed by atoms with E-state index in [1.54, 1.807) is 6.92 Å². The number of carbonyl (C=O) groups excluding carboxylic acids is 1. The quantitative estimate of drug-likeness (QED) is 0.732. The first kappa shape index (κ1) is 15.5. The van der Waals surface area contributed by atoms with E-state index in [1.165, 1.54) is 0 Å². The fourth-order valence-corrected chi connectivity index (χ4v) is 1.91. The number of hydrogen-bond acceptors (Lipinski definition) is 3. The number of benzene rings is 1. The number of ether oxygens (including phenoxy) is 2. The minimum atomic E-state index is -0.528. The molecule has 0 amide bonds. The summed E-state index contributed by atoms with van der Waals surface area (Å²) in [5, 5.41) is 0. The summed E-state index contributed by atoms with van der Waals surface area (Å²) < 4.78 is 10.9. The lowest BCUT2D eigenvalue weighted by Gasteiger charge is -2.20. The standard InChI is InChI=1S/C16H24O3/c1-6-14(16(17)18-7-2)19-15-10-12(5)8-9-13(15)11(3)4/h8-11,14H,6-7H2,1-5H3/t14-/m0/s1. The lowest BCUT2D eigenvalue weighted by Crippen LogP contribution is -2.29. The fourth-order valence-electron chi connectivity index (χ4n) is 1.91. The molecule has 0 fully saturated rings. The van der Waals surface area contributed by atoms with Crippen molar-refractivity contribution in [3.63, 3.8) is 0 Å². The first-order chi connectivity index (χ1) is 8.99. The first-order valence-electron chi connectivity index (χ1n) is 6.93. The predicted octanol–water partition coefficient (Wildman–Crippen LogP) is 3.84. The van der Waals surface area contributed by atoms with E-state index in [2.05, 4.69) is 26.0 Å².